The molecule has 0 aliphatic heterocycles. The van der Waals surface area contributed by atoms with Crippen LogP contribution in [0.25, 0.3) is 0 Å². The standard InChI is InChI=1S/C12H26N2O4S/c1-4-10-14(11-5-2)19(16,17)13-9-7-8-12(15)18-6-3/h13H,4-11H2,1-3H3. The molecule has 0 bridgehead atoms. The van der Waals surface area contributed by atoms with Gasteiger partial charge in [-0.05, 0) is 26.2 Å². The summed E-state index contributed by atoms with van der Waals surface area (Å²) in [7, 11) is -3.43. The van der Waals surface area contributed by atoms with Crippen molar-refractivity contribution in [3.05, 3.63) is 0 Å². The Bertz CT molecular complexity index is 338. The molecule has 0 atom stereocenters. The maximum absolute atomic E-state index is 12.0. The summed E-state index contributed by atoms with van der Waals surface area (Å²) < 4.78 is 32.7. The fourth-order valence-corrected chi connectivity index (χ4v) is 3.04. The summed E-state index contributed by atoms with van der Waals surface area (Å²) in [6.45, 7) is 7.27. The molecule has 0 aliphatic carbocycles. The number of hydrogen-bond acceptors (Lipinski definition) is 4. The Labute approximate surface area is 116 Å². The first-order chi connectivity index (χ1) is 8.97. The molecule has 0 spiro atoms. The summed E-state index contributed by atoms with van der Waals surface area (Å²) in [4.78, 5) is 11.1. The molecule has 1 N–H and O–H groups in total. The van der Waals surface area contributed by atoms with Gasteiger partial charge in [-0.3, -0.25) is 4.79 Å². The van der Waals surface area contributed by atoms with Crippen LogP contribution in [0.2, 0.25) is 0 Å². The van der Waals surface area contributed by atoms with E-state index in [4.69, 9.17) is 4.74 Å². The molecule has 0 heterocycles. The maximum Gasteiger partial charge on any atom is 0.305 e. The summed E-state index contributed by atoms with van der Waals surface area (Å²) in [5, 5.41) is 0. The predicted molar refractivity (Wildman–Crippen MR) is 74.9 cm³/mol. The van der Waals surface area contributed by atoms with E-state index >= 15 is 0 Å². The molecule has 0 saturated carbocycles. The van der Waals surface area contributed by atoms with Crippen molar-refractivity contribution in [2.24, 2.45) is 0 Å². The van der Waals surface area contributed by atoms with Gasteiger partial charge in [0.1, 0.15) is 0 Å². The van der Waals surface area contributed by atoms with Crippen LogP contribution in [0, 0.1) is 0 Å². The van der Waals surface area contributed by atoms with Crippen LogP contribution in [0.3, 0.4) is 0 Å². The lowest BCUT2D eigenvalue weighted by molar-refractivity contribution is -0.143. The number of carbonyl (C=O) groups excluding carboxylic acids is 1. The zero-order chi connectivity index (χ0) is 14.7. The van der Waals surface area contributed by atoms with E-state index < -0.39 is 10.2 Å². The Kier molecular flexibility index (Phi) is 9.81. The van der Waals surface area contributed by atoms with Gasteiger partial charge >= 0.3 is 5.97 Å². The highest BCUT2D eigenvalue weighted by Gasteiger charge is 2.19. The molecule has 6 nitrogen and oxygen atoms in total. The van der Waals surface area contributed by atoms with Crippen molar-refractivity contribution in [2.75, 3.05) is 26.2 Å². The van der Waals surface area contributed by atoms with Crippen molar-refractivity contribution in [2.45, 2.75) is 46.5 Å². The zero-order valence-corrected chi connectivity index (χ0v) is 13.0. The Morgan fingerprint density at radius 3 is 2.21 bits per heavy atom. The van der Waals surface area contributed by atoms with E-state index in [-0.39, 0.29) is 18.9 Å². The Balaban J connectivity index is 4.10. The van der Waals surface area contributed by atoms with Crippen molar-refractivity contribution >= 4 is 16.2 Å². The summed E-state index contributed by atoms with van der Waals surface area (Å²) in [6, 6.07) is 0. The average molecular weight is 294 g/mol. The van der Waals surface area contributed by atoms with Gasteiger partial charge in [0.25, 0.3) is 10.2 Å². The molecule has 19 heavy (non-hydrogen) atoms. The van der Waals surface area contributed by atoms with E-state index in [2.05, 4.69) is 4.72 Å². The van der Waals surface area contributed by atoms with Crippen molar-refractivity contribution in [1.82, 2.24) is 9.03 Å². The second kappa shape index (κ2) is 10.2. The number of rotatable bonds is 11. The largest absolute Gasteiger partial charge is 0.466 e. The van der Waals surface area contributed by atoms with E-state index in [9.17, 15) is 13.2 Å². The summed E-state index contributed by atoms with van der Waals surface area (Å²) in [5.41, 5.74) is 0. The van der Waals surface area contributed by atoms with E-state index in [1.54, 1.807) is 6.92 Å². The van der Waals surface area contributed by atoms with Gasteiger partial charge in [0, 0.05) is 26.1 Å². The number of esters is 1. The Morgan fingerprint density at radius 2 is 1.74 bits per heavy atom. The third-order valence-corrected chi connectivity index (χ3v) is 4.05. The second-order valence-electron chi connectivity index (χ2n) is 4.21. The van der Waals surface area contributed by atoms with Gasteiger partial charge in [-0.25, -0.2) is 4.72 Å². The summed E-state index contributed by atoms with van der Waals surface area (Å²) in [6.07, 6.45) is 2.25. The van der Waals surface area contributed by atoms with Crippen LogP contribution in [0.4, 0.5) is 0 Å². The van der Waals surface area contributed by atoms with Crippen LogP contribution in [0.1, 0.15) is 46.5 Å². The molecule has 0 aliphatic rings. The van der Waals surface area contributed by atoms with Crippen molar-refractivity contribution in [3.63, 3.8) is 0 Å². The van der Waals surface area contributed by atoms with Crippen LogP contribution >= 0.6 is 0 Å². The minimum Gasteiger partial charge on any atom is -0.466 e. The van der Waals surface area contributed by atoms with Gasteiger partial charge in [-0.1, -0.05) is 13.8 Å². The highest BCUT2D eigenvalue weighted by Crippen LogP contribution is 2.02. The van der Waals surface area contributed by atoms with Crippen LogP contribution in [-0.2, 0) is 19.7 Å². The number of hydrogen-bond donors (Lipinski definition) is 1. The average Bonchev–Trinajstić information content (AvgIpc) is 2.35. The molecular formula is C12H26N2O4S. The van der Waals surface area contributed by atoms with Gasteiger partial charge in [-0.15, -0.1) is 0 Å². The molecule has 7 heteroatoms. The first-order valence-corrected chi connectivity index (χ1v) is 8.32. The van der Waals surface area contributed by atoms with Crippen molar-refractivity contribution < 1.29 is 17.9 Å². The summed E-state index contributed by atoms with van der Waals surface area (Å²) in [5.74, 6) is -0.291. The van der Waals surface area contributed by atoms with Gasteiger partial charge in [0.05, 0.1) is 6.61 Å². The predicted octanol–water partition coefficient (Wildman–Crippen LogP) is 1.29. The lowest BCUT2D eigenvalue weighted by Gasteiger charge is -2.21. The molecule has 0 fully saturated rings. The Hall–Kier alpha value is -0.660. The second-order valence-corrected chi connectivity index (χ2v) is 5.96. The van der Waals surface area contributed by atoms with Crippen molar-refractivity contribution in [1.29, 1.82) is 0 Å². The SMILES string of the molecule is CCCN(CCC)S(=O)(=O)NCCCC(=O)OCC. The molecule has 0 aromatic carbocycles. The maximum atomic E-state index is 12.0. The van der Waals surface area contributed by atoms with E-state index in [1.807, 2.05) is 13.8 Å². The molecule has 0 aromatic heterocycles. The van der Waals surface area contributed by atoms with Crippen LogP contribution < -0.4 is 4.72 Å². The van der Waals surface area contributed by atoms with Crippen LogP contribution in [0.15, 0.2) is 0 Å². The lowest BCUT2D eigenvalue weighted by atomic mass is 10.3. The van der Waals surface area contributed by atoms with Crippen molar-refractivity contribution in [3.8, 4) is 0 Å². The van der Waals surface area contributed by atoms with Gasteiger partial charge in [0.15, 0.2) is 0 Å². The van der Waals surface area contributed by atoms with E-state index in [0.717, 1.165) is 12.8 Å². The number of nitrogens with one attached hydrogen (secondary N) is 1. The molecule has 0 saturated heterocycles. The topological polar surface area (TPSA) is 75.7 Å². The lowest BCUT2D eigenvalue weighted by Crippen LogP contribution is -2.42. The normalized spacial score (nSPS) is 11.8. The van der Waals surface area contributed by atoms with E-state index in [0.29, 0.717) is 26.1 Å². The zero-order valence-electron chi connectivity index (χ0n) is 12.1. The number of ether oxygens (including phenoxy) is 1. The minimum absolute atomic E-state index is 0.234. The summed E-state index contributed by atoms with van der Waals surface area (Å²) >= 11 is 0. The first-order valence-electron chi connectivity index (χ1n) is 6.88. The monoisotopic (exact) mass is 294 g/mol. The quantitative estimate of drug-likeness (QED) is 0.460. The molecule has 0 rings (SSSR count). The van der Waals surface area contributed by atoms with Gasteiger partial charge < -0.3 is 4.74 Å². The van der Waals surface area contributed by atoms with Crippen LogP contribution in [0.5, 0.6) is 0 Å². The Morgan fingerprint density at radius 1 is 1.16 bits per heavy atom. The molecule has 0 amide bonds. The molecule has 114 valence electrons. The molecule has 0 aromatic rings. The molecule has 0 unspecified atom stereocenters. The first kappa shape index (κ1) is 18.3. The third kappa shape index (κ3) is 8.18. The molecule has 0 radical (unpaired) electrons. The van der Waals surface area contributed by atoms with Gasteiger partial charge in [-0.2, -0.15) is 12.7 Å². The smallest absolute Gasteiger partial charge is 0.305 e. The fraction of sp³-hybridized carbons (Fsp3) is 0.917. The van der Waals surface area contributed by atoms with Gasteiger partial charge in [0.2, 0.25) is 0 Å². The highest BCUT2D eigenvalue weighted by atomic mass is 32.2. The number of carbonyl (C=O) groups is 1. The number of nitrogens with zero attached hydrogens (tertiary/aromatic N) is 1. The highest BCUT2D eigenvalue weighted by molar-refractivity contribution is 7.87. The molecular weight excluding hydrogens is 268 g/mol. The van der Waals surface area contributed by atoms with E-state index in [1.165, 1.54) is 4.31 Å². The fourth-order valence-electron chi connectivity index (χ4n) is 1.61. The minimum atomic E-state index is -3.43. The third-order valence-electron chi connectivity index (χ3n) is 2.43. The van der Waals surface area contributed by atoms with Crippen LogP contribution in [-0.4, -0.2) is 44.9 Å².